The van der Waals surface area contributed by atoms with Crippen LogP contribution in [0.15, 0.2) is 70.0 Å². The molecule has 3 rings (SSSR count). The van der Waals surface area contributed by atoms with Crippen LogP contribution in [0.2, 0.25) is 0 Å². The van der Waals surface area contributed by atoms with Gasteiger partial charge in [-0.1, -0.05) is 33.6 Å². The highest BCUT2D eigenvalue weighted by Gasteiger charge is 2.16. The molecule has 8 heteroatoms. The Morgan fingerprint density at radius 2 is 1.59 bits per heavy atom. The average molecular weight is 477 g/mol. The van der Waals surface area contributed by atoms with E-state index in [0.717, 1.165) is 5.56 Å². The minimum Gasteiger partial charge on any atom is -0.319 e. The first-order valence-electron chi connectivity index (χ1n) is 8.62. The van der Waals surface area contributed by atoms with Gasteiger partial charge in [-0.05, 0) is 67.9 Å². The van der Waals surface area contributed by atoms with Gasteiger partial charge in [0.2, 0.25) is 0 Å². The molecule has 150 valence electrons. The first-order valence-corrected chi connectivity index (χ1v) is 10.9. The van der Waals surface area contributed by atoms with Gasteiger partial charge in [-0.3, -0.25) is 9.52 Å². The molecular weight excluding hydrogens is 459 g/mol. The summed E-state index contributed by atoms with van der Waals surface area (Å²) in [6.07, 6.45) is 0. The minimum absolute atomic E-state index is 0.0556. The van der Waals surface area contributed by atoms with Crippen LogP contribution in [0.4, 0.5) is 15.8 Å². The van der Waals surface area contributed by atoms with Crippen LogP contribution in [0.5, 0.6) is 0 Å². The summed E-state index contributed by atoms with van der Waals surface area (Å²) in [4.78, 5) is 12.6. The normalized spacial score (nSPS) is 11.2. The maximum atomic E-state index is 13.9. The molecule has 0 heterocycles. The van der Waals surface area contributed by atoms with E-state index in [2.05, 4.69) is 26.0 Å². The first kappa shape index (κ1) is 21.0. The number of hydrogen-bond acceptors (Lipinski definition) is 3. The minimum atomic E-state index is -3.75. The Labute approximate surface area is 177 Å². The van der Waals surface area contributed by atoms with Crippen molar-refractivity contribution < 1.29 is 17.6 Å². The van der Waals surface area contributed by atoms with Crippen molar-refractivity contribution in [2.24, 2.45) is 0 Å². The van der Waals surface area contributed by atoms with Crippen LogP contribution < -0.4 is 10.0 Å². The number of rotatable bonds is 5. The van der Waals surface area contributed by atoms with Crippen LogP contribution in [0.1, 0.15) is 21.5 Å². The summed E-state index contributed by atoms with van der Waals surface area (Å²) in [6, 6.07) is 15.3. The molecule has 29 heavy (non-hydrogen) atoms. The highest BCUT2D eigenvalue weighted by molar-refractivity contribution is 9.10. The maximum Gasteiger partial charge on any atom is 0.261 e. The Kier molecular flexibility index (Phi) is 6.04. The van der Waals surface area contributed by atoms with E-state index >= 15 is 0 Å². The molecular formula is C21H18BrFN2O3S. The number of halogens is 2. The van der Waals surface area contributed by atoms with Crippen LogP contribution in [-0.2, 0) is 10.0 Å². The van der Waals surface area contributed by atoms with Crippen molar-refractivity contribution in [1.82, 2.24) is 0 Å². The topological polar surface area (TPSA) is 75.3 Å². The third kappa shape index (κ3) is 5.02. The number of aryl methyl sites for hydroxylation is 2. The van der Waals surface area contributed by atoms with Crippen molar-refractivity contribution in [2.75, 3.05) is 10.0 Å². The Hall–Kier alpha value is -2.71. The van der Waals surface area contributed by atoms with Crippen LogP contribution in [0.3, 0.4) is 0 Å². The van der Waals surface area contributed by atoms with E-state index in [1.165, 1.54) is 36.4 Å². The van der Waals surface area contributed by atoms with Crippen molar-refractivity contribution in [3.8, 4) is 0 Å². The fourth-order valence-corrected chi connectivity index (χ4v) is 4.09. The van der Waals surface area contributed by atoms with Gasteiger partial charge in [-0.2, -0.15) is 0 Å². The SMILES string of the molecule is Cc1ccc(S(=O)(=O)Nc2ccc(C(=O)Nc3ccc(Br)cc3F)cc2C)cc1. The largest absolute Gasteiger partial charge is 0.319 e. The zero-order valence-electron chi connectivity index (χ0n) is 15.7. The summed E-state index contributed by atoms with van der Waals surface area (Å²) >= 11 is 3.16. The Bertz CT molecular complexity index is 1180. The van der Waals surface area contributed by atoms with Gasteiger partial charge in [-0.25, -0.2) is 12.8 Å². The molecule has 0 unspecified atom stereocenters. The number of hydrogen-bond donors (Lipinski definition) is 2. The summed E-state index contributed by atoms with van der Waals surface area (Å²) in [6.45, 7) is 3.56. The average Bonchev–Trinajstić information content (AvgIpc) is 2.66. The van der Waals surface area contributed by atoms with Gasteiger partial charge in [-0.15, -0.1) is 0 Å². The van der Waals surface area contributed by atoms with Crippen LogP contribution >= 0.6 is 15.9 Å². The standard InChI is InChI=1S/C21H18BrFN2O3S/c1-13-3-7-17(8-4-13)29(27,28)25-19-9-5-15(11-14(19)2)21(26)24-20-10-6-16(22)12-18(20)23/h3-12,25H,1-2H3,(H,24,26). The number of benzene rings is 3. The molecule has 0 spiro atoms. The molecule has 0 aliphatic carbocycles. The molecule has 1 amide bonds. The van der Waals surface area contributed by atoms with Crippen molar-refractivity contribution in [1.29, 1.82) is 0 Å². The molecule has 0 atom stereocenters. The Morgan fingerprint density at radius 1 is 0.931 bits per heavy atom. The van der Waals surface area contributed by atoms with Gasteiger partial charge in [0, 0.05) is 10.0 Å². The third-order valence-corrected chi connectivity index (χ3v) is 6.12. The number of anilines is 2. The number of carbonyl (C=O) groups is 1. The van der Waals surface area contributed by atoms with E-state index < -0.39 is 21.7 Å². The van der Waals surface area contributed by atoms with Crippen molar-refractivity contribution >= 4 is 43.2 Å². The van der Waals surface area contributed by atoms with Gasteiger partial charge >= 0.3 is 0 Å². The van der Waals surface area contributed by atoms with Gasteiger partial charge in [0.25, 0.3) is 15.9 Å². The Balaban J connectivity index is 1.79. The molecule has 5 nitrogen and oxygen atoms in total. The zero-order valence-corrected chi connectivity index (χ0v) is 18.1. The lowest BCUT2D eigenvalue weighted by molar-refractivity contribution is 0.102. The maximum absolute atomic E-state index is 13.9. The summed E-state index contributed by atoms with van der Waals surface area (Å²) in [5.41, 5.74) is 2.21. The second-order valence-corrected chi connectivity index (χ2v) is 9.12. The predicted molar refractivity (Wildman–Crippen MR) is 115 cm³/mol. The zero-order chi connectivity index (χ0) is 21.2. The number of nitrogens with one attached hydrogen (secondary N) is 2. The Morgan fingerprint density at radius 3 is 2.21 bits per heavy atom. The van der Waals surface area contributed by atoms with E-state index in [9.17, 15) is 17.6 Å². The van der Waals surface area contributed by atoms with Crippen molar-refractivity contribution in [2.45, 2.75) is 18.7 Å². The van der Waals surface area contributed by atoms with Gasteiger partial charge < -0.3 is 5.32 Å². The predicted octanol–water partition coefficient (Wildman–Crippen LogP) is 5.26. The molecule has 0 aliphatic rings. The lowest BCUT2D eigenvalue weighted by Gasteiger charge is -2.12. The van der Waals surface area contributed by atoms with E-state index in [0.29, 0.717) is 15.7 Å². The summed E-state index contributed by atoms with van der Waals surface area (Å²) in [7, 11) is -3.75. The second-order valence-electron chi connectivity index (χ2n) is 6.53. The van der Waals surface area contributed by atoms with Crippen LogP contribution in [0, 0.1) is 19.7 Å². The molecule has 0 bridgehead atoms. The highest BCUT2D eigenvalue weighted by Crippen LogP contribution is 2.23. The second kappa shape index (κ2) is 8.34. The van der Waals surface area contributed by atoms with E-state index in [-0.39, 0.29) is 16.1 Å². The van der Waals surface area contributed by atoms with Crippen molar-refractivity contribution in [3.05, 3.63) is 87.6 Å². The van der Waals surface area contributed by atoms with Gasteiger partial charge in [0.15, 0.2) is 0 Å². The summed E-state index contributed by atoms with van der Waals surface area (Å²) in [5, 5.41) is 2.51. The monoisotopic (exact) mass is 476 g/mol. The van der Waals surface area contributed by atoms with Gasteiger partial charge in [0.1, 0.15) is 5.82 Å². The smallest absolute Gasteiger partial charge is 0.261 e. The fraction of sp³-hybridized carbons (Fsp3) is 0.0952. The molecule has 0 saturated carbocycles. The third-order valence-electron chi connectivity index (χ3n) is 4.24. The van der Waals surface area contributed by atoms with E-state index in [4.69, 9.17) is 0 Å². The van der Waals surface area contributed by atoms with E-state index in [1.807, 2.05) is 6.92 Å². The van der Waals surface area contributed by atoms with Crippen LogP contribution in [-0.4, -0.2) is 14.3 Å². The molecule has 0 fully saturated rings. The van der Waals surface area contributed by atoms with Crippen LogP contribution in [0.25, 0.3) is 0 Å². The number of sulfonamides is 1. The first-order chi connectivity index (χ1) is 13.7. The summed E-state index contributed by atoms with van der Waals surface area (Å²) < 4.78 is 42.1. The molecule has 0 radical (unpaired) electrons. The lowest BCUT2D eigenvalue weighted by atomic mass is 10.1. The highest BCUT2D eigenvalue weighted by atomic mass is 79.9. The quantitative estimate of drug-likeness (QED) is 0.527. The molecule has 0 saturated heterocycles. The van der Waals surface area contributed by atoms with Crippen molar-refractivity contribution in [3.63, 3.8) is 0 Å². The molecule has 2 N–H and O–H groups in total. The molecule has 3 aromatic carbocycles. The molecule has 0 aliphatic heterocycles. The lowest BCUT2D eigenvalue weighted by Crippen LogP contribution is -2.16. The number of amides is 1. The van der Waals surface area contributed by atoms with E-state index in [1.54, 1.807) is 31.2 Å². The molecule has 0 aromatic heterocycles. The van der Waals surface area contributed by atoms with Gasteiger partial charge in [0.05, 0.1) is 16.3 Å². The molecule has 3 aromatic rings. The summed E-state index contributed by atoms with van der Waals surface area (Å²) in [5.74, 6) is -1.06. The fourth-order valence-electron chi connectivity index (χ4n) is 2.63. The number of carbonyl (C=O) groups excluding carboxylic acids is 1.